The lowest BCUT2D eigenvalue weighted by molar-refractivity contribution is 0.340. The lowest BCUT2D eigenvalue weighted by Gasteiger charge is -2.06. The van der Waals surface area contributed by atoms with Gasteiger partial charge in [-0.15, -0.1) is 0 Å². The SMILES string of the molecule is CCCNC(C)c1nc(-c2ccc3ncccc3c2)no1. The predicted octanol–water partition coefficient (Wildman–Crippen LogP) is 3.35. The molecule has 0 radical (unpaired) electrons. The third-order valence-electron chi connectivity index (χ3n) is 3.37. The Balaban J connectivity index is 1.87. The van der Waals surface area contributed by atoms with Crippen molar-refractivity contribution >= 4 is 10.9 Å². The minimum absolute atomic E-state index is 0.0633. The van der Waals surface area contributed by atoms with E-state index in [4.69, 9.17) is 4.52 Å². The molecule has 0 bridgehead atoms. The number of benzene rings is 1. The molecule has 0 amide bonds. The normalized spacial score (nSPS) is 12.7. The summed E-state index contributed by atoms with van der Waals surface area (Å²) in [6.07, 6.45) is 2.86. The van der Waals surface area contributed by atoms with E-state index in [0.717, 1.165) is 29.4 Å². The van der Waals surface area contributed by atoms with E-state index >= 15 is 0 Å². The van der Waals surface area contributed by atoms with Crippen LogP contribution in [0.5, 0.6) is 0 Å². The molecule has 1 N–H and O–H groups in total. The van der Waals surface area contributed by atoms with Crippen molar-refractivity contribution in [3.63, 3.8) is 0 Å². The van der Waals surface area contributed by atoms with E-state index in [2.05, 4.69) is 27.4 Å². The number of fused-ring (bicyclic) bond motifs is 1. The molecule has 0 spiro atoms. The highest BCUT2D eigenvalue weighted by atomic mass is 16.5. The Morgan fingerprint density at radius 3 is 3.05 bits per heavy atom. The maximum Gasteiger partial charge on any atom is 0.243 e. The van der Waals surface area contributed by atoms with E-state index in [0.29, 0.717) is 11.7 Å². The minimum atomic E-state index is 0.0633. The zero-order chi connectivity index (χ0) is 14.7. The van der Waals surface area contributed by atoms with Crippen LogP contribution >= 0.6 is 0 Å². The van der Waals surface area contributed by atoms with Crippen molar-refractivity contribution in [2.75, 3.05) is 6.54 Å². The van der Waals surface area contributed by atoms with Gasteiger partial charge in [-0.2, -0.15) is 4.98 Å². The summed E-state index contributed by atoms with van der Waals surface area (Å²) in [7, 11) is 0. The van der Waals surface area contributed by atoms with Gasteiger partial charge in [0.25, 0.3) is 0 Å². The molecule has 0 aliphatic heterocycles. The summed E-state index contributed by atoms with van der Waals surface area (Å²) < 4.78 is 5.35. The van der Waals surface area contributed by atoms with Crippen molar-refractivity contribution < 1.29 is 4.52 Å². The first-order valence-electron chi connectivity index (χ1n) is 7.20. The van der Waals surface area contributed by atoms with Gasteiger partial charge < -0.3 is 9.84 Å². The number of nitrogens with zero attached hydrogens (tertiary/aromatic N) is 3. The van der Waals surface area contributed by atoms with Crippen molar-refractivity contribution in [1.29, 1.82) is 0 Å². The van der Waals surface area contributed by atoms with E-state index in [1.807, 2.05) is 37.3 Å². The largest absolute Gasteiger partial charge is 0.337 e. The van der Waals surface area contributed by atoms with Gasteiger partial charge in [0.15, 0.2) is 0 Å². The van der Waals surface area contributed by atoms with Crippen molar-refractivity contribution in [2.45, 2.75) is 26.3 Å². The van der Waals surface area contributed by atoms with Crippen LogP contribution < -0.4 is 5.32 Å². The molecule has 2 aromatic heterocycles. The Morgan fingerprint density at radius 1 is 1.29 bits per heavy atom. The first-order valence-corrected chi connectivity index (χ1v) is 7.20. The lowest BCUT2D eigenvalue weighted by atomic mass is 10.1. The summed E-state index contributed by atoms with van der Waals surface area (Å²) in [4.78, 5) is 8.79. The van der Waals surface area contributed by atoms with Gasteiger partial charge in [-0.05, 0) is 44.2 Å². The number of aromatic nitrogens is 3. The molecule has 1 atom stereocenters. The molecule has 21 heavy (non-hydrogen) atoms. The molecular formula is C16H18N4O. The van der Waals surface area contributed by atoms with Crippen molar-refractivity contribution in [2.24, 2.45) is 0 Å². The second kappa shape index (κ2) is 6.01. The van der Waals surface area contributed by atoms with Gasteiger partial charge in [0, 0.05) is 17.1 Å². The molecule has 0 saturated heterocycles. The molecule has 0 aliphatic carbocycles. The minimum Gasteiger partial charge on any atom is -0.337 e. The van der Waals surface area contributed by atoms with Gasteiger partial charge in [-0.3, -0.25) is 4.98 Å². The molecular weight excluding hydrogens is 264 g/mol. The van der Waals surface area contributed by atoms with E-state index in [1.165, 1.54) is 0 Å². The Morgan fingerprint density at radius 2 is 2.19 bits per heavy atom. The van der Waals surface area contributed by atoms with Crippen LogP contribution in [0, 0.1) is 0 Å². The molecule has 1 aromatic carbocycles. The number of rotatable bonds is 5. The zero-order valence-electron chi connectivity index (χ0n) is 12.2. The van der Waals surface area contributed by atoms with Crippen molar-refractivity contribution in [3.8, 4) is 11.4 Å². The Labute approximate surface area is 123 Å². The quantitative estimate of drug-likeness (QED) is 0.777. The van der Waals surface area contributed by atoms with Crippen LogP contribution in [0.25, 0.3) is 22.3 Å². The molecule has 0 saturated carbocycles. The average molecular weight is 282 g/mol. The number of hydrogen-bond acceptors (Lipinski definition) is 5. The highest BCUT2D eigenvalue weighted by molar-refractivity contribution is 5.82. The molecule has 5 nitrogen and oxygen atoms in total. The standard InChI is InChI=1S/C16H18N4O/c1-3-8-17-11(2)16-19-15(20-21-16)13-6-7-14-12(10-13)5-4-9-18-14/h4-7,9-11,17H,3,8H2,1-2H3. The van der Waals surface area contributed by atoms with Crippen LogP contribution in [0.1, 0.15) is 32.2 Å². The van der Waals surface area contributed by atoms with E-state index in [9.17, 15) is 0 Å². The number of hydrogen-bond donors (Lipinski definition) is 1. The van der Waals surface area contributed by atoms with Gasteiger partial charge in [-0.1, -0.05) is 18.1 Å². The molecule has 108 valence electrons. The molecule has 3 aromatic rings. The highest BCUT2D eigenvalue weighted by Gasteiger charge is 2.14. The second-order valence-electron chi connectivity index (χ2n) is 5.04. The maximum absolute atomic E-state index is 5.35. The zero-order valence-corrected chi connectivity index (χ0v) is 12.2. The molecule has 1 unspecified atom stereocenters. The molecule has 0 aliphatic rings. The average Bonchev–Trinajstić information content (AvgIpc) is 3.02. The van der Waals surface area contributed by atoms with Crippen molar-refractivity contribution in [1.82, 2.24) is 20.4 Å². The topological polar surface area (TPSA) is 63.8 Å². The van der Waals surface area contributed by atoms with E-state index < -0.39 is 0 Å². The summed E-state index contributed by atoms with van der Waals surface area (Å²) in [6.45, 7) is 5.08. The van der Waals surface area contributed by atoms with Crippen LogP contribution in [0.3, 0.4) is 0 Å². The summed E-state index contributed by atoms with van der Waals surface area (Å²) >= 11 is 0. The van der Waals surface area contributed by atoms with Crippen LogP contribution in [0.4, 0.5) is 0 Å². The molecule has 0 fully saturated rings. The lowest BCUT2D eigenvalue weighted by Crippen LogP contribution is -2.19. The number of pyridine rings is 1. The summed E-state index contributed by atoms with van der Waals surface area (Å²) in [6, 6.07) is 9.98. The summed E-state index contributed by atoms with van der Waals surface area (Å²) in [5.41, 5.74) is 1.90. The summed E-state index contributed by atoms with van der Waals surface area (Å²) in [5.74, 6) is 1.23. The highest BCUT2D eigenvalue weighted by Crippen LogP contribution is 2.22. The van der Waals surface area contributed by atoms with Gasteiger partial charge in [0.1, 0.15) is 0 Å². The van der Waals surface area contributed by atoms with Crippen LogP contribution in [0.15, 0.2) is 41.1 Å². The smallest absolute Gasteiger partial charge is 0.243 e. The predicted molar refractivity (Wildman–Crippen MR) is 81.7 cm³/mol. The second-order valence-corrected chi connectivity index (χ2v) is 5.04. The first-order chi connectivity index (χ1) is 10.3. The van der Waals surface area contributed by atoms with E-state index in [-0.39, 0.29) is 6.04 Å². The molecule has 5 heteroatoms. The maximum atomic E-state index is 5.35. The fraction of sp³-hybridized carbons (Fsp3) is 0.312. The van der Waals surface area contributed by atoms with Crippen LogP contribution in [-0.2, 0) is 0 Å². The van der Waals surface area contributed by atoms with E-state index in [1.54, 1.807) is 6.20 Å². The number of nitrogens with one attached hydrogen (secondary N) is 1. The monoisotopic (exact) mass is 282 g/mol. The Bertz CT molecular complexity index is 738. The van der Waals surface area contributed by atoms with Crippen LogP contribution in [0.2, 0.25) is 0 Å². The first kappa shape index (κ1) is 13.7. The molecule has 3 rings (SSSR count). The Hall–Kier alpha value is -2.27. The third-order valence-corrected chi connectivity index (χ3v) is 3.37. The van der Waals surface area contributed by atoms with Crippen molar-refractivity contribution in [3.05, 3.63) is 42.4 Å². The van der Waals surface area contributed by atoms with Gasteiger partial charge in [-0.25, -0.2) is 0 Å². The molecule has 2 heterocycles. The Kier molecular flexibility index (Phi) is 3.92. The fourth-order valence-corrected chi connectivity index (χ4v) is 2.19. The van der Waals surface area contributed by atoms with Gasteiger partial charge >= 0.3 is 0 Å². The fourth-order valence-electron chi connectivity index (χ4n) is 2.19. The third kappa shape index (κ3) is 2.92. The summed E-state index contributed by atoms with van der Waals surface area (Å²) in [5, 5.41) is 8.48. The van der Waals surface area contributed by atoms with Gasteiger partial charge in [0.05, 0.1) is 11.6 Å². The van der Waals surface area contributed by atoms with Gasteiger partial charge in [0.2, 0.25) is 11.7 Å². The van der Waals surface area contributed by atoms with Crippen LogP contribution in [-0.4, -0.2) is 21.7 Å².